The highest BCUT2D eigenvalue weighted by Crippen LogP contribution is 2.20. The van der Waals surface area contributed by atoms with Gasteiger partial charge in [-0.25, -0.2) is 0 Å². The summed E-state index contributed by atoms with van der Waals surface area (Å²) in [5.41, 5.74) is 8.21. The summed E-state index contributed by atoms with van der Waals surface area (Å²) < 4.78 is 0. The van der Waals surface area contributed by atoms with Gasteiger partial charge in [0, 0.05) is 6.54 Å². The van der Waals surface area contributed by atoms with E-state index < -0.39 is 31.1 Å². The number of nitriles is 1. The van der Waals surface area contributed by atoms with Crippen LogP contribution in [-0.4, -0.2) is 58.5 Å². The first kappa shape index (κ1) is 23.5. The van der Waals surface area contributed by atoms with E-state index >= 15 is 0 Å². The van der Waals surface area contributed by atoms with Crippen LogP contribution in [-0.2, 0) is 22.4 Å². The maximum atomic E-state index is 12.9. The van der Waals surface area contributed by atoms with Crippen LogP contribution in [0.4, 0.5) is 0 Å². The van der Waals surface area contributed by atoms with Crippen LogP contribution in [0, 0.1) is 11.3 Å². The largest absolute Gasteiger partial charge is 0.475 e. The Bertz CT molecular complexity index is 979. The van der Waals surface area contributed by atoms with E-state index in [1.54, 1.807) is 24.3 Å². The normalized spacial score (nSPS) is 17.3. The van der Waals surface area contributed by atoms with Crippen LogP contribution < -0.4 is 11.1 Å². The number of likely N-dealkylation sites (tertiary alicyclic amines) is 1. The number of nitrogens with zero attached hydrogens (tertiary/aromatic N) is 2. The number of amides is 2. The van der Waals surface area contributed by atoms with Crippen molar-refractivity contribution in [1.82, 2.24) is 10.2 Å². The zero-order valence-corrected chi connectivity index (χ0v) is 17.7. The van der Waals surface area contributed by atoms with Crippen molar-refractivity contribution >= 4 is 18.9 Å². The zero-order chi connectivity index (χ0) is 23.1. The maximum Gasteiger partial charge on any atom is 0.475 e. The molecular formula is C23H27BN4O4. The third kappa shape index (κ3) is 5.95. The molecule has 3 rings (SSSR count). The van der Waals surface area contributed by atoms with Gasteiger partial charge < -0.3 is 26.0 Å². The second-order valence-corrected chi connectivity index (χ2v) is 8.03. The van der Waals surface area contributed by atoms with Crippen molar-refractivity contribution < 1.29 is 19.6 Å². The van der Waals surface area contributed by atoms with E-state index in [9.17, 15) is 19.6 Å². The summed E-state index contributed by atoms with van der Waals surface area (Å²) in [6.45, 7) is 0.427. The third-order valence-electron chi connectivity index (χ3n) is 5.65. The Hall–Kier alpha value is -3.19. The first-order chi connectivity index (χ1) is 15.4. The summed E-state index contributed by atoms with van der Waals surface area (Å²) >= 11 is 0. The predicted molar refractivity (Wildman–Crippen MR) is 120 cm³/mol. The standard InChI is InChI=1S/C23H27BN4O4/c25-15-18-9-4-8-17(12-18)14-21(24(31)32)27-22(29)20-10-5-11-28(20)23(30)19(26)13-16-6-2-1-3-7-16/h1-4,6-9,12,19-21,31-32H,5,10-11,13-14,26H2,(H,27,29)/t19-,20+,21+/m1/s1. The number of nitrogens with two attached hydrogens (primary N) is 1. The molecular weight excluding hydrogens is 407 g/mol. The van der Waals surface area contributed by atoms with E-state index in [0.29, 0.717) is 36.9 Å². The van der Waals surface area contributed by atoms with Gasteiger partial charge in [-0.05, 0) is 48.9 Å². The van der Waals surface area contributed by atoms with E-state index in [1.165, 1.54) is 4.90 Å². The Balaban J connectivity index is 1.65. The summed E-state index contributed by atoms with van der Waals surface area (Å²) in [7, 11) is -1.80. The molecule has 1 saturated heterocycles. The number of rotatable bonds is 8. The molecule has 5 N–H and O–H groups in total. The summed E-state index contributed by atoms with van der Waals surface area (Å²) in [5, 5.41) is 31.3. The van der Waals surface area contributed by atoms with Gasteiger partial charge in [-0.2, -0.15) is 5.26 Å². The fraction of sp³-hybridized carbons (Fsp3) is 0.348. The fourth-order valence-corrected chi connectivity index (χ4v) is 4.00. The number of carbonyl (C=O) groups excluding carboxylic acids is 2. The Morgan fingerprint density at radius 1 is 1.16 bits per heavy atom. The highest BCUT2D eigenvalue weighted by atomic mass is 16.4. The number of nitrogens with one attached hydrogen (secondary N) is 1. The van der Waals surface area contributed by atoms with Crippen molar-refractivity contribution in [2.45, 2.75) is 43.7 Å². The lowest BCUT2D eigenvalue weighted by Crippen LogP contribution is -2.56. The van der Waals surface area contributed by atoms with Crippen LogP contribution in [0.25, 0.3) is 0 Å². The quantitative estimate of drug-likeness (QED) is 0.437. The highest BCUT2D eigenvalue weighted by Gasteiger charge is 2.38. The molecule has 9 heteroatoms. The minimum Gasteiger partial charge on any atom is -0.426 e. The molecule has 0 aromatic heterocycles. The average molecular weight is 434 g/mol. The van der Waals surface area contributed by atoms with E-state index in [1.807, 2.05) is 36.4 Å². The van der Waals surface area contributed by atoms with Gasteiger partial charge in [0.25, 0.3) is 0 Å². The molecule has 0 unspecified atom stereocenters. The van der Waals surface area contributed by atoms with Crippen molar-refractivity contribution in [2.24, 2.45) is 5.73 Å². The molecule has 166 valence electrons. The first-order valence-corrected chi connectivity index (χ1v) is 10.6. The molecule has 0 bridgehead atoms. The number of carbonyl (C=O) groups is 2. The van der Waals surface area contributed by atoms with Gasteiger partial charge in [-0.3, -0.25) is 9.59 Å². The van der Waals surface area contributed by atoms with Gasteiger partial charge in [0.1, 0.15) is 6.04 Å². The Kier molecular flexibility index (Phi) is 8.00. The van der Waals surface area contributed by atoms with Crippen molar-refractivity contribution in [3.63, 3.8) is 0 Å². The predicted octanol–water partition coefficient (Wildman–Crippen LogP) is 0.159. The topological polar surface area (TPSA) is 140 Å². The number of hydrogen-bond acceptors (Lipinski definition) is 6. The minimum absolute atomic E-state index is 0.132. The summed E-state index contributed by atoms with van der Waals surface area (Å²) in [6.07, 6.45) is 1.65. The molecule has 3 atom stereocenters. The number of hydrogen-bond donors (Lipinski definition) is 4. The minimum atomic E-state index is -1.80. The molecule has 1 aliphatic rings. The van der Waals surface area contributed by atoms with Crippen LogP contribution >= 0.6 is 0 Å². The van der Waals surface area contributed by atoms with Crippen LogP contribution in [0.15, 0.2) is 54.6 Å². The van der Waals surface area contributed by atoms with E-state index in [2.05, 4.69) is 5.32 Å². The molecule has 2 aromatic rings. The molecule has 32 heavy (non-hydrogen) atoms. The van der Waals surface area contributed by atoms with Crippen LogP contribution in [0.2, 0.25) is 0 Å². The third-order valence-corrected chi connectivity index (χ3v) is 5.65. The monoisotopic (exact) mass is 434 g/mol. The summed E-state index contributed by atoms with van der Waals surface area (Å²) in [5.74, 6) is -1.72. The Labute approximate surface area is 187 Å². The van der Waals surface area contributed by atoms with Crippen LogP contribution in [0.1, 0.15) is 29.5 Å². The molecule has 0 radical (unpaired) electrons. The van der Waals surface area contributed by atoms with Gasteiger partial charge in [0.15, 0.2) is 0 Å². The summed E-state index contributed by atoms with van der Waals surface area (Å²) in [6, 6.07) is 16.7. The zero-order valence-electron chi connectivity index (χ0n) is 17.7. The molecule has 8 nitrogen and oxygen atoms in total. The molecule has 1 fully saturated rings. The van der Waals surface area contributed by atoms with Crippen molar-refractivity contribution in [3.8, 4) is 6.07 Å². The SMILES string of the molecule is N#Cc1cccc(C[C@H](NC(=O)[C@@H]2CCCN2C(=O)[C@H](N)Cc2ccccc2)B(O)O)c1. The van der Waals surface area contributed by atoms with Crippen LogP contribution in [0.5, 0.6) is 0 Å². The van der Waals surface area contributed by atoms with Gasteiger partial charge in [-0.15, -0.1) is 0 Å². The van der Waals surface area contributed by atoms with Gasteiger partial charge in [0.05, 0.1) is 23.6 Å². The van der Waals surface area contributed by atoms with Gasteiger partial charge in [0.2, 0.25) is 11.8 Å². The molecule has 2 aromatic carbocycles. The maximum absolute atomic E-state index is 12.9. The lowest BCUT2D eigenvalue weighted by atomic mass is 9.75. The lowest BCUT2D eigenvalue weighted by molar-refractivity contribution is -0.139. The molecule has 0 saturated carbocycles. The molecule has 0 aliphatic carbocycles. The van der Waals surface area contributed by atoms with Gasteiger partial charge in [-0.1, -0.05) is 42.5 Å². The molecule has 0 spiro atoms. The van der Waals surface area contributed by atoms with Gasteiger partial charge >= 0.3 is 7.12 Å². The highest BCUT2D eigenvalue weighted by molar-refractivity contribution is 6.43. The van der Waals surface area contributed by atoms with Crippen molar-refractivity contribution in [1.29, 1.82) is 5.26 Å². The smallest absolute Gasteiger partial charge is 0.426 e. The molecule has 1 heterocycles. The Morgan fingerprint density at radius 2 is 1.88 bits per heavy atom. The van der Waals surface area contributed by atoms with E-state index in [0.717, 1.165) is 5.56 Å². The molecule has 1 aliphatic heterocycles. The lowest BCUT2D eigenvalue weighted by Gasteiger charge is -2.28. The second-order valence-electron chi connectivity index (χ2n) is 8.03. The second kappa shape index (κ2) is 10.9. The molecule has 2 amide bonds. The van der Waals surface area contributed by atoms with Crippen molar-refractivity contribution in [3.05, 3.63) is 71.3 Å². The average Bonchev–Trinajstić information content (AvgIpc) is 3.29. The Morgan fingerprint density at radius 3 is 2.56 bits per heavy atom. The fourth-order valence-electron chi connectivity index (χ4n) is 4.00. The van der Waals surface area contributed by atoms with Crippen LogP contribution in [0.3, 0.4) is 0 Å². The summed E-state index contributed by atoms with van der Waals surface area (Å²) in [4.78, 5) is 27.4. The van der Waals surface area contributed by atoms with E-state index in [-0.39, 0.29) is 12.3 Å². The first-order valence-electron chi connectivity index (χ1n) is 10.6. The van der Waals surface area contributed by atoms with E-state index in [4.69, 9.17) is 11.0 Å². The van der Waals surface area contributed by atoms with Crippen molar-refractivity contribution in [2.75, 3.05) is 6.54 Å². The number of benzene rings is 2.